The summed E-state index contributed by atoms with van der Waals surface area (Å²) >= 11 is 5.07. The zero-order valence-electron chi connectivity index (χ0n) is 13.8. The van der Waals surface area contributed by atoms with Crippen molar-refractivity contribution in [1.29, 1.82) is 0 Å². The van der Waals surface area contributed by atoms with Crippen LogP contribution < -0.4 is 10.3 Å². The Morgan fingerprint density at radius 2 is 2.00 bits per heavy atom. The van der Waals surface area contributed by atoms with Gasteiger partial charge in [-0.1, -0.05) is 38.8 Å². The number of benzene rings is 1. The molecule has 0 saturated heterocycles. The van der Waals surface area contributed by atoms with Crippen LogP contribution in [0, 0.1) is 4.77 Å². The average Bonchev–Trinajstić information content (AvgIpc) is 2.52. The Morgan fingerprint density at radius 1 is 1.17 bits per heavy atom. The standard InChI is InChI=1S/C18H24N2O2S/c1-3-5-10-22-14-9-6-8-13(11-14)12-15-16(7-4-2)19-18(23)20-17(15)21/h6,8-9,11H,3-5,7,10,12H2,1-2H3,(H2,19,20,21,23). The first-order valence-corrected chi connectivity index (χ1v) is 8.61. The largest absolute Gasteiger partial charge is 0.494 e. The topological polar surface area (TPSA) is 57.9 Å². The predicted octanol–water partition coefficient (Wildman–Crippen LogP) is 4.15. The zero-order valence-corrected chi connectivity index (χ0v) is 14.6. The van der Waals surface area contributed by atoms with Crippen molar-refractivity contribution < 1.29 is 4.74 Å². The van der Waals surface area contributed by atoms with E-state index in [1.165, 1.54) is 0 Å². The molecule has 0 aliphatic carbocycles. The number of aromatic amines is 2. The second kappa shape index (κ2) is 8.67. The lowest BCUT2D eigenvalue weighted by Gasteiger charge is -2.10. The normalized spacial score (nSPS) is 10.7. The average molecular weight is 332 g/mol. The summed E-state index contributed by atoms with van der Waals surface area (Å²) in [4.78, 5) is 18.1. The molecule has 4 nitrogen and oxygen atoms in total. The minimum absolute atomic E-state index is 0.102. The number of aryl methyl sites for hydroxylation is 1. The molecule has 0 radical (unpaired) electrons. The summed E-state index contributed by atoms with van der Waals surface area (Å²) in [5.74, 6) is 0.855. The van der Waals surface area contributed by atoms with Crippen LogP contribution in [0.15, 0.2) is 29.1 Å². The first kappa shape index (κ1) is 17.5. The summed E-state index contributed by atoms with van der Waals surface area (Å²) in [6, 6.07) is 7.94. The number of unbranched alkanes of at least 4 members (excludes halogenated alkanes) is 1. The summed E-state index contributed by atoms with van der Waals surface area (Å²) in [5, 5.41) is 0. The van der Waals surface area contributed by atoms with Crippen molar-refractivity contribution >= 4 is 12.2 Å². The van der Waals surface area contributed by atoms with Crippen molar-refractivity contribution in [3.63, 3.8) is 0 Å². The van der Waals surface area contributed by atoms with Crippen LogP contribution in [0.1, 0.15) is 49.9 Å². The summed E-state index contributed by atoms with van der Waals surface area (Å²) in [6.45, 7) is 4.95. The van der Waals surface area contributed by atoms with Gasteiger partial charge >= 0.3 is 0 Å². The van der Waals surface area contributed by atoms with Crippen LogP contribution in [0.4, 0.5) is 0 Å². The van der Waals surface area contributed by atoms with E-state index in [0.29, 0.717) is 11.2 Å². The molecule has 0 aliphatic rings. The van der Waals surface area contributed by atoms with Crippen LogP contribution in [0.5, 0.6) is 5.75 Å². The molecular formula is C18H24N2O2S. The number of aromatic nitrogens is 2. The molecule has 0 unspecified atom stereocenters. The molecule has 0 amide bonds. The maximum absolute atomic E-state index is 12.3. The van der Waals surface area contributed by atoms with Gasteiger partial charge in [0, 0.05) is 17.7 Å². The number of ether oxygens (including phenoxy) is 1. The Balaban J connectivity index is 2.23. The number of hydrogen-bond acceptors (Lipinski definition) is 3. The lowest BCUT2D eigenvalue weighted by Crippen LogP contribution is -2.18. The number of H-pyrrole nitrogens is 2. The third-order valence-corrected chi connectivity index (χ3v) is 3.88. The molecule has 0 spiro atoms. The van der Waals surface area contributed by atoms with Gasteiger partial charge in [0.15, 0.2) is 4.77 Å². The van der Waals surface area contributed by atoms with Gasteiger partial charge in [0.2, 0.25) is 0 Å². The van der Waals surface area contributed by atoms with E-state index in [9.17, 15) is 4.79 Å². The molecule has 0 saturated carbocycles. The fourth-order valence-corrected chi connectivity index (χ4v) is 2.71. The summed E-state index contributed by atoms with van der Waals surface area (Å²) in [5.41, 5.74) is 2.64. The smallest absolute Gasteiger partial charge is 0.255 e. The van der Waals surface area contributed by atoms with Crippen LogP contribution in [-0.2, 0) is 12.8 Å². The van der Waals surface area contributed by atoms with Crippen molar-refractivity contribution in [1.82, 2.24) is 9.97 Å². The van der Waals surface area contributed by atoms with Crippen molar-refractivity contribution in [3.05, 3.63) is 56.2 Å². The van der Waals surface area contributed by atoms with Crippen molar-refractivity contribution in [2.24, 2.45) is 0 Å². The molecule has 0 bridgehead atoms. The fraction of sp³-hybridized carbons (Fsp3) is 0.444. The minimum atomic E-state index is -0.102. The van der Waals surface area contributed by atoms with Crippen molar-refractivity contribution in [2.75, 3.05) is 6.61 Å². The van der Waals surface area contributed by atoms with Crippen LogP contribution >= 0.6 is 12.2 Å². The Labute approximate surface area is 141 Å². The lowest BCUT2D eigenvalue weighted by molar-refractivity contribution is 0.309. The predicted molar refractivity (Wildman–Crippen MR) is 95.9 cm³/mol. The molecule has 0 aliphatic heterocycles. The van der Waals surface area contributed by atoms with E-state index in [1.807, 2.05) is 24.3 Å². The highest BCUT2D eigenvalue weighted by Gasteiger charge is 2.09. The molecule has 1 aromatic carbocycles. The second-order valence-corrected chi connectivity index (χ2v) is 6.05. The molecule has 2 rings (SSSR count). The Bertz CT molecular complexity index is 749. The van der Waals surface area contributed by atoms with Crippen LogP contribution in [-0.4, -0.2) is 16.6 Å². The third-order valence-electron chi connectivity index (χ3n) is 3.68. The molecule has 2 aromatic rings. The first-order chi connectivity index (χ1) is 11.1. The molecule has 0 fully saturated rings. The van der Waals surface area contributed by atoms with E-state index in [2.05, 4.69) is 23.8 Å². The third kappa shape index (κ3) is 5.06. The number of rotatable bonds is 8. The van der Waals surface area contributed by atoms with E-state index >= 15 is 0 Å². The second-order valence-electron chi connectivity index (χ2n) is 5.64. The van der Waals surface area contributed by atoms with Crippen LogP contribution in [0.3, 0.4) is 0 Å². The van der Waals surface area contributed by atoms with Crippen molar-refractivity contribution in [3.8, 4) is 5.75 Å². The van der Waals surface area contributed by atoms with E-state index < -0.39 is 0 Å². The van der Waals surface area contributed by atoms with E-state index in [4.69, 9.17) is 17.0 Å². The van der Waals surface area contributed by atoms with Gasteiger partial charge in [-0.15, -0.1) is 0 Å². The van der Waals surface area contributed by atoms with Gasteiger partial charge in [0.05, 0.1) is 6.61 Å². The maximum atomic E-state index is 12.3. The molecule has 0 atom stereocenters. The van der Waals surface area contributed by atoms with Crippen LogP contribution in [0.2, 0.25) is 0 Å². The van der Waals surface area contributed by atoms with Gasteiger partial charge in [-0.25, -0.2) is 0 Å². The van der Waals surface area contributed by atoms with Gasteiger partial charge in [-0.2, -0.15) is 0 Å². The Morgan fingerprint density at radius 3 is 2.74 bits per heavy atom. The van der Waals surface area contributed by atoms with Gasteiger partial charge in [-0.05, 0) is 42.8 Å². The first-order valence-electron chi connectivity index (χ1n) is 8.20. The SMILES string of the molecule is CCCCOc1cccc(Cc2c(CCC)[nH]c(=S)[nH]c2=O)c1. The molecule has 2 N–H and O–H groups in total. The van der Waals surface area contributed by atoms with Gasteiger partial charge in [0.1, 0.15) is 5.75 Å². The highest BCUT2D eigenvalue weighted by Crippen LogP contribution is 2.17. The molecule has 1 aromatic heterocycles. The van der Waals surface area contributed by atoms with Gasteiger partial charge in [0.25, 0.3) is 5.56 Å². The summed E-state index contributed by atoms with van der Waals surface area (Å²) < 4.78 is 6.13. The van der Waals surface area contributed by atoms with Crippen LogP contribution in [0.25, 0.3) is 0 Å². The summed E-state index contributed by atoms with van der Waals surface area (Å²) in [6.07, 6.45) is 4.50. The van der Waals surface area contributed by atoms with E-state index in [1.54, 1.807) is 0 Å². The Kier molecular flexibility index (Phi) is 6.59. The molecular weight excluding hydrogens is 308 g/mol. The van der Waals surface area contributed by atoms with E-state index in [0.717, 1.165) is 54.9 Å². The van der Waals surface area contributed by atoms with Gasteiger partial charge < -0.3 is 9.72 Å². The minimum Gasteiger partial charge on any atom is -0.494 e. The highest BCUT2D eigenvalue weighted by molar-refractivity contribution is 7.71. The molecule has 23 heavy (non-hydrogen) atoms. The maximum Gasteiger partial charge on any atom is 0.255 e. The molecule has 5 heteroatoms. The highest BCUT2D eigenvalue weighted by atomic mass is 32.1. The molecule has 124 valence electrons. The van der Waals surface area contributed by atoms with Gasteiger partial charge in [-0.3, -0.25) is 9.78 Å². The fourth-order valence-electron chi connectivity index (χ4n) is 2.49. The monoisotopic (exact) mass is 332 g/mol. The Hall–Kier alpha value is -1.88. The number of hydrogen-bond donors (Lipinski definition) is 2. The summed E-state index contributed by atoms with van der Waals surface area (Å²) in [7, 11) is 0. The zero-order chi connectivity index (χ0) is 16.7. The number of nitrogens with one attached hydrogen (secondary N) is 2. The van der Waals surface area contributed by atoms with E-state index in [-0.39, 0.29) is 5.56 Å². The lowest BCUT2D eigenvalue weighted by atomic mass is 10.0. The quantitative estimate of drug-likeness (QED) is 0.564. The van der Waals surface area contributed by atoms with Crippen molar-refractivity contribution in [2.45, 2.75) is 46.0 Å². The molecule has 1 heterocycles.